The van der Waals surface area contributed by atoms with Crippen molar-refractivity contribution in [2.75, 3.05) is 27.2 Å². The lowest BCUT2D eigenvalue weighted by molar-refractivity contribution is -0.140. The van der Waals surface area contributed by atoms with Crippen molar-refractivity contribution in [3.05, 3.63) is 53.4 Å². The molecule has 1 saturated heterocycles. The minimum Gasteiger partial charge on any atom is -0.348 e. The number of urea groups is 1. The first kappa shape index (κ1) is 22.6. The van der Waals surface area contributed by atoms with E-state index in [2.05, 4.69) is 10.3 Å². The highest BCUT2D eigenvalue weighted by molar-refractivity contribution is 5.92. The third kappa shape index (κ3) is 5.53. The number of piperidine rings is 1. The number of rotatable bonds is 4. The number of hydrogen-bond donors (Lipinski definition) is 1. The number of alkyl halides is 3. The largest absolute Gasteiger partial charge is 0.419 e. The van der Waals surface area contributed by atoms with E-state index in [1.807, 2.05) is 0 Å². The van der Waals surface area contributed by atoms with Gasteiger partial charge in [0.05, 0.1) is 11.9 Å². The molecule has 1 aromatic heterocycles. The van der Waals surface area contributed by atoms with E-state index in [9.17, 15) is 27.2 Å². The maximum Gasteiger partial charge on any atom is 0.419 e. The van der Waals surface area contributed by atoms with Crippen molar-refractivity contribution in [3.8, 4) is 0 Å². The van der Waals surface area contributed by atoms with Crippen LogP contribution in [0.2, 0.25) is 0 Å². The SMILES string of the molecule is CN(C)C(=O)N1CCC(NC(=O)c2cn(Cc3ccc(F)c(C(F)(F)F)c3)cn2)CC1. The first-order valence-electron chi connectivity index (χ1n) is 9.69. The van der Waals surface area contributed by atoms with Crippen LogP contribution in [0.4, 0.5) is 22.4 Å². The summed E-state index contributed by atoms with van der Waals surface area (Å²) in [5.74, 6) is -1.73. The van der Waals surface area contributed by atoms with E-state index in [-0.39, 0.29) is 29.9 Å². The number of likely N-dealkylation sites (tertiary alicyclic amines) is 1. The van der Waals surface area contributed by atoms with Crippen molar-refractivity contribution in [3.63, 3.8) is 0 Å². The van der Waals surface area contributed by atoms with Crippen LogP contribution in [0.3, 0.4) is 0 Å². The average Bonchev–Trinajstić information content (AvgIpc) is 3.17. The molecular formula is C20H23F4N5O2. The number of nitrogens with zero attached hydrogens (tertiary/aromatic N) is 4. The number of aromatic nitrogens is 2. The summed E-state index contributed by atoms with van der Waals surface area (Å²) in [5.41, 5.74) is -0.969. The van der Waals surface area contributed by atoms with E-state index < -0.39 is 23.5 Å². The molecule has 2 aromatic rings. The average molecular weight is 441 g/mol. The number of carbonyl (C=O) groups is 2. The van der Waals surface area contributed by atoms with Gasteiger partial charge in [0.1, 0.15) is 11.5 Å². The first-order chi connectivity index (χ1) is 14.5. The molecule has 0 unspecified atom stereocenters. The summed E-state index contributed by atoms with van der Waals surface area (Å²) in [6, 6.07) is 2.61. The van der Waals surface area contributed by atoms with E-state index in [0.29, 0.717) is 25.9 Å². The van der Waals surface area contributed by atoms with E-state index in [0.717, 1.165) is 12.1 Å². The molecule has 1 aliphatic rings. The summed E-state index contributed by atoms with van der Waals surface area (Å²) in [7, 11) is 3.37. The molecular weight excluding hydrogens is 418 g/mol. The van der Waals surface area contributed by atoms with Gasteiger partial charge in [-0.2, -0.15) is 13.2 Å². The summed E-state index contributed by atoms with van der Waals surface area (Å²) in [5, 5.41) is 2.87. The van der Waals surface area contributed by atoms with E-state index in [1.54, 1.807) is 19.0 Å². The highest BCUT2D eigenvalue weighted by atomic mass is 19.4. The van der Waals surface area contributed by atoms with E-state index in [1.165, 1.54) is 28.1 Å². The second-order valence-electron chi connectivity index (χ2n) is 7.65. The number of amides is 3. The van der Waals surface area contributed by atoms with Crippen LogP contribution in [0, 0.1) is 5.82 Å². The summed E-state index contributed by atoms with van der Waals surface area (Å²) >= 11 is 0. The molecule has 1 aromatic carbocycles. The van der Waals surface area contributed by atoms with Gasteiger partial charge in [-0.15, -0.1) is 0 Å². The van der Waals surface area contributed by atoms with Crippen LogP contribution in [0.1, 0.15) is 34.5 Å². The molecule has 0 bridgehead atoms. The van der Waals surface area contributed by atoms with Crippen molar-refractivity contribution in [2.45, 2.75) is 31.6 Å². The first-order valence-corrected chi connectivity index (χ1v) is 9.69. The normalized spacial score (nSPS) is 15.1. The number of carbonyl (C=O) groups excluding carboxylic acids is 2. The Morgan fingerprint density at radius 3 is 2.52 bits per heavy atom. The highest BCUT2D eigenvalue weighted by Gasteiger charge is 2.34. The zero-order chi connectivity index (χ0) is 22.8. The van der Waals surface area contributed by atoms with Crippen LogP contribution in [-0.4, -0.2) is 64.5 Å². The van der Waals surface area contributed by atoms with Gasteiger partial charge in [0.2, 0.25) is 0 Å². The molecule has 1 N–H and O–H groups in total. The molecule has 11 heteroatoms. The van der Waals surface area contributed by atoms with Crippen molar-refractivity contribution in [1.82, 2.24) is 24.7 Å². The van der Waals surface area contributed by atoms with Crippen molar-refractivity contribution in [2.24, 2.45) is 0 Å². The fourth-order valence-corrected chi connectivity index (χ4v) is 3.42. The molecule has 3 rings (SSSR count). The Bertz CT molecular complexity index is 949. The summed E-state index contributed by atoms with van der Waals surface area (Å²) in [6.45, 7) is 1.07. The molecule has 3 amide bonds. The predicted octanol–water partition coefficient (Wildman–Crippen LogP) is 2.97. The number of nitrogens with one attached hydrogen (secondary N) is 1. The van der Waals surface area contributed by atoms with Crippen LogP contribution in [0.25, 0.3) is 0 Å². The van der Waals surface area contributed by atoms with Gasteiger partial charge < -0.3 is 19.7 Å². The van der Waals surface area contributed by atoms with Crippen LogP contribution >= 0.6 is 0 Å². The van der Waals surface area contributed by atoms with E-state index >= 15 is 0 Å². The highest BCUT2D eigenvalue weighted by Crippen LogP contribution is 2.32. The lowest BCUT2D eigenvalue weighted by Gasteiger charge is -2.33. The van der Waals surface area contributed by atoms with Crippen LogP contribution in [0.5, 0.6) is 0 Å². The fraction of sp³-hybridized carbons (Fsp3) is 0.450. The Hall–Kier alpha value is -3.11. The topological polar surface area (TPSA) is 70.5 Å². The van der Waals surface area contributed by atoms with Gasteiger partial charge in [-0.1, -0.05) is 6.07 Å². The summed E-state index contributed by atoms with van der Waals surface area (Å²) in [6.07, 6.45) is -0.795. The number of halogens is 4. The van der Waals surface area contributed by atoms with Crippen LogP contribution in [0.15, 0.2) is 30.7 Å². The van der Waals surface area contributed by atoms with Crippen LogP contribution < -0.4 is 5.32 Å². The third-order valence-electron chi connectivity index (χ3n) is 5.05. The van der Waals surface area contributed by atoms with Gasteiger partial charge in [0.25, 0.3) is 5.91 Å². The maximum atomic E-state index is 13.4. The van der Waals surface area contributed by atoms with Crippen LogP contribution in [-0.2, 0) is 12.7 Å². The summed E-state index contributed by atoms with van der Waals surface area (Å²) < 4.78 is 53.5. The maximum absolute atomic E-state index is 13.4. The second kappa shape index (κ2) is 8.94. The van der Waals surface area contributed by atoms with Gasteiger partial charge in [-0.3, -0.25) is 4.79 Å². The minimum absolute atomic E-state index is 0.00861. The lowest BCUT2D eigenvalue weighted by atomic mass is 10.1. The van der Waals surface area contributed by atoms with Crippen molar-refractivity contribution >= 4 is 11.9 Å². The zero-order valence-corrected chi connectivity index (χ0v) is 17.1. The van der Waals surface area contributed by atoms with Crippen molar-refractivity contribution < 1.29 is 27.2 Å². The molecule has 0 spiro atoms. The smallest absolute Gasteiger partial charge is 0.348 e. The van der Waals surface area contributed by atoms with Gasteiger partial charge in [0, 0.05) is 46.0 Å². The minimum atomic E-state index is -4.78. The van der Waals surface area contributed by atoms with Gasteiger partial charge in [0.15, 0.2) is 0 Å². The van der Waals surface area contributed by atoms with Crippen molar-refractivity contribution in [1.29, 1.82) is 0 Å². The lowest BCUT2D eigenvalue weighted by Crippen LogP contribution is -2.49. The Morgan fingerprint density at radius 2 is 1.90 bits per heavy atom. The number of benzene rings is 1. The Morgan fingerprint density at radius 1 is 1.23 bits per heavy atom. The zero-order valence-electron chi connectivity index (χ0n) is 17.1. The Labute approximate surface area is 176 Å². The number of hydrogen-bond acceptors (Lipinski definition) is 3. The Balaban J connectivity index is 1.58. The molecule has 1 fully saturated rings. The molecule has 2 heterocycles. The van der Waals surface area contributed by atoms with Gasteiger partial charge in [-0.25, -0.2) is 14.2 Å². The monoisotopic (exact) mass is 441 g/mol. The van der Waals surface area contributed by atoms with Gasteiger partial charge in [-0.05, 0) is 30.5 Å². The fourth-order valence-electron chi connectivity index (χ4n) is 3.42. The Kier molecular flexibility index (Phi) is 6.51. The molecule has 1 aliphatic heterocycles. The molecule has 168 valence electrons. The summed E-state index contributed by atoms with van der Waals surface area (Å²) in [4.78, 5) is 31.7. The number of imidazole rings is 1. The molecule has 0 atom stereocenters. The predicted molar refractivity (Wildman–Crippen MR) is 104 cm³/mol. The quantitative estimate of drug-likeness (QED) is 0.742. The molecule has 31 heavy (non-hydrogen) atoms. The second-order valence-corrected chi connectivity index (χ2v) is 7.65. The molecule has 7 nitrogen and oxygen atoms in total. The third-order valence-corrected chi connectivity index (χ3v) is 5.05. The standard InChI is InChI=1S/C20H23F4N5O2/c1-27(2)19(31)29-7-5-14(6-8-29)26-18(30)17-11-28(12-25-17)10-13-3-4-16(21)15(9-13)20(22,23)24/h3-4,9,11-12,14H,5-8,10H2,1-2H3,(H,26,30). The molecule has 0 saturated carbocycles. The van der Waals surface area contributed by atoms with Gasteiger partial charge >= 0.3 is 12.2 Å². The molecule has 0 aliphatic carbocycles. The van der Waals surface area contributed by atoms with E-state index in [4.69, 9.17) is 0 Å². The molecule has 0 radical (unpaired) electrons.